The van der Waals surface area contributed by atoms with Gasteiger partial charge in [-0.15, -0.1) is 0 Å². The van der Waals surface area contributed by atoms with Crippen LogP contribution in [0.1, 0.15) is 108 Å². The molecule has 0 unspecified atom stereocenters. The molecular weight excluding hydrogens is 432 g/mol. The Balaban J connectivity index is 1.85. The smallest absolute Gasteiger partial charge is 0.256 e. The molecular formula is C31H48N2O2. The van der Waals surface area contributed by atoms with Crippen molar-refractivity contribution < 1.29 is 9.63 Å². The maximum absolute atomic E-state index is 13.2. The maximum atomic E-state index is 13.2. The molecule has 35 heavy (non-hydrogen) atoms. The monoisotopic (exact) mass is 480 g/mol. The first-order valence-electron chi connectivity index (χ1n) is 14.1. The number of hydrogen-bond donors (Lipinski definition) is 0. The largest absolute Gasteiger partial charge is 0.339 e. The molecule has 0 N–H and O–H groups in total. The third kappa shape index (κ3) is 10.4. The number of hydrogen-bond acceptors (Lipinski definition) is 3. The Hall–Kier alpha value is -2.33. The van der Waals surface area contributed by atoms with Gasteiger partial charge in [0.1, 0.15) is 0 Å². The van der Waals surface area contributed by atoms with E-state index in [1.165, 1.54) is 70.6 Å². The molecule has 1 amide bonds. The Kier molecular flexibility index (Phi) is 14.9. The highest BCUT2D eigenvalue weighted by Gasteiger charge is 2.21. The van der Waals surface area contributed by atoms with Crippen molar-refractivity contribution in [3.05, 3.63) is 60.2 Å². The summed E-state index contributed by atoms with van der Waals surface area (Å²) in [5, 5.41) is 1.84. The van der Waals surface area contributed by atoms with E-state index in [0.29, 0.717) is 25.3 Å². The van der Waals surface area contributed by atoms with Crippen molar-refractivity contribution in [1.82, 2.24) is 4.90 Å². The summed E-state index contributed by atoms with van der Waals surface area (Å²) in [6.45, 7) is 8.33. The molecule has 0 aliphatic heterocycles. The molecule has 2 rings (SSSR count). The van der Waals surface area contributed by atoms with Gasteiger partial charge in [0.05, 0.1) is 23.5 Å². The van der Waals surface area contributed by atoms with E-state index in [-0.39, 0.29) is 5.91 Å². The van der Waals surface area contributed by atoms with Crippen LogP contribution in [0.5, 0.6) is 0 Å². The van der Waals surface area contributed by atoms with Crippen LogP contribution < -0.4 is 5.06 Å². The van der Waals surface area contributed by atoms with Gasteiger partial charge in [-0.1, -0.05) is 108 Å². The number of anilines is 2. The van der Waals surface area contributed by atoms with Gasteiger partial charge in [-0.05, 0) is 44.5 Å². The molecule has 0 saturated heterocycles. The van der Waals surface area contributed by atoms with Crippen molar-refractivity contribution in [2.75, 3.05) is 24.8 Å². The number of carbonyl (C=O) groups is 1. The Morgan fingerprint density at radius 1 is 0.657 bits per heavy atom. The summed E-state index contributed by atoms with van der Waals surface area (Å²) < 4.78 is 0. The van der Waals surface area contributed by atoms with E-state index in [1.54, 1.807) is 0 Å². The van der Waals surface area contributed by atoms with E-state index in [4.69, 9.17) is 4.84 Å². The van der Waals surface area contributed by atoms with Crippen molar-refractivity contribution in [3.63, 3.8) is 0 Å². The van der Waals surface area contributed by atoms with E-state index in [9.17, 15) is 4.79 Å². The number of para-hydroxylation sites is 2. The molecule has 0 saturated carbocycles. The van der Waals surface area contributed by atoms with Crippen LogP contribution >= 0.6 is 0 Å². The van der Waals surface area contributed by atoms with Crippen molar-refractivity contribution in [1.29, 1.82) is 0 Å². The van der Waals surface area contributed by atoms with Gasteiger partial charge in [0.2, 0.25) is 0 Å². The summed E-state index contributed by atoms with van der Waals surface area (Å²) in [4.78, 5) is 21.4. The summed E-state index contributed by atoms with van der Waals surface area (Å²) in [5.74, 6) is 0.0421. The van der Waals surface area contributed by atoms with E-state index >= 15 is 0 Å². The van der Waals surface area contributed by atoms with Gasteiger partial charge in [0.25, 0.3) is 5.91 Å². The summed E-state index contributed by atoms with van der Waals surface area (Å²) in [6.07, 6.45) is 15.8. The number of nitrogens with zero attached hydrogens (tertiary/aromatic N) is 2. The normalized spacial score (nSPS) is 10.9. The lowest BCUT2D eigenvalue weighted by Crippen LogP contribution is -2.32. The van der Waals surface area contributed by atoms with Gasteiger partial charge < -0.3 is 4.90 Å². The van der Waals surface area contributed by atoms with Gasteiger partial charge in [-0.2, -0.15) is 0 Å². The van der Waals surface area contributed by atoms with Crippen molar-refractivity contribution in [2.24, 2.45) is 0 Å². The Labute approximate surface area is 214 Å². The van der Waals surface area contributed by atoms with Crippen LogP contribution in [0.15, 0.2) is 54.6 Å². The Morgan fingerprint density at radius 2 is 1.17 bits per heavy atom. The fourth-order valence-corrected chi connectivity index (χ4v) is 4.46. The molecule has 0 atom stereocenters. The van der Waals surface area contributed by atoms with Gasteiger partial charge in [0.15, 0.2) is 0 Å². The molecule has 0 radical (unpaired) electrons. The first-order chi connectivity index (χ1) is 17.2. The van der Waals surface area contributed by atoms with Crippen LogP contribution in [-0.2, 0) is 4.84 Å². The molecule has 0 bridgehead atoms. The van der Waals surface area contributed by atoms with Gasteiger partial charge in [0, 0.05) is 13.1 Å². The van der Waals surface area contributed by atoms with Gasteiger partial charge >= 0.3 is 0 Å². The van der Waals surface area contributed by atoms with Crippen LogP contribution in [0, 0.1) is 0 Å². The molecule has 2 aromatic carbocycles. The second-order valence-electron chi connectivity index (χ2n) is 9.35. The molecule has 0 aliphatic rings. The Bertz CT molecular complexity index is 805. The van der Waals surface area contributed by atoms with E-state index < -0.39 is 0 Å². The standard InChI is InChI=1S/C31H48N2O2/c1-4-7-8-9-10-11-12-13-14-15-16-22-27-35-33(28-23-18-17-19-24-28)30-26-21-20-25-29(30)31(34)32(5-2)6-3/h17-21,23-26H,4-16,22,27H2,1-3H3. The number of amides is 1. The number of rotatable bonds is 19. The average Bonchev–Trinajstić information content (AvgIpc) is 2.90. The zero-order valence-electron chi connectivity index (χ0n) is 22.5. The van der Waals surface area contributed by atoms with Crippen LogP contribution in [0.25, 0.3) is 0 Å². The molecule has 0 aromatic heterocycles. The third-order valence-corrected chi connectivity index (χ3v) is 6.61. The second kappa shape index (κ2) is 18.0. The third-order valence-electron chi connectivity index (χ3n) is 6.61. The SMILES string of the molecule is CCCCCCCCCCCCCCON(c1ccccc1)c1ccccc1C(=O)N(CC)CC. The van der Waals surface area contributed by atoms with Crippen LogP contribution in [0.3, 0.4) is 0 Å². The minimum absolute atomic E-state index is 0.0421. The summed E-state index contributed by atoms with van der Waals surface area (Å²) in [7, 11) is 0. The zero-order valence-corrected chi connectivity index (χ0v) is 22.5. The van der Waals surface area contributed by atoms with Gasteiger partial charge in [-0.25, -0.2) is 5.06 Å². The molecule has 4 nitrogen and oxygen atoms in total. The fraction of sp³-hybridized carbons (Fsp3) is 0.581. The fourth-order valence-electron chi connectivity index (χ4n) is 4.46. The molecule has 194 valence electrons. The van der Waals surface area contributed by atoms with E-state index in [2.05, 4.69) is 6.92 Å². The molecule has 0 heterocycles. The lowest BCUT2D eigenvalue weighted by atomic mass is 10.1. The number of unbranched alkanes of at least 4 members (excludes halogenated alkanes) is 11. The predicted octanol–water partition coefficient (Wildman–Crippen LogP) is 8.94. The quantitative estimate of drug-likeness (QED) is 0.149. The highest BCUT2D eigenvalue weighted by Crippen LogP contribution is 2.30. The van der Waals surface area contributed by atoms with Crippen LogP contribution in [-0.4, -0.2) is 30.5 Å². The van der Waals surface area contributed by atoms with Crippen LogP contribution in [0.4, 0.5) is 11.4 Å². The summed E-state index contributed by atoms with van der Waals surface area (Å²) in [5.41, 5.74) is 2.41. The lowest BCUT2D eigenvalue weighted by molar-refractivity contribution is 0.0768. The topological polar surface area (TPSA) is 32.8 Å². The highest BCUT2D eigenvalue weighted by atomic mass is 16.7. The minimum atomic E-state index is 0.0421. The number of carbonyl (C=O) groups excluding carboxylic acids is 1. The molecule has 0 fully saturated rings. The summed E-state index contributed by atoms with van der Waals surface area (Å²) in [6, 6.07) is 17.8. The van der Waals surface area contributed by atoms with E-state index in [0.717, 1.165) is 17.8 Å². The molecule has 4 heteroatoms. The molecule has 0 aliphatic carbocycles. The van der Waals surface area contributed by atoms with Gasteiger partial charge in [-0.3, -0.25) is 9.63 Å². The number of benzene rings is 2. The first kappa shape index (κ1) is 28.9. The Morgan fingerprint density at radius 3 is 1.74 bits per heavy atom. The average molecular weight is 481 g/mol. The van der Waals surface area contributed by atoms with Crippen molar-refractivity contribution in [2.45, 2.75) is 97.8 Å². The van der Waals surface area contributed by atoms with Crippen LogP contribution in [0.2, 0.25) is 0 Å². The predicted molar refractivity (Wildman–Crippen MR) is 149 cm³/mol. The molecule has 2 aromatic rings. The first-order valence-corrected chi connectivity index (χ1v) is 14.1. The molecule has 0 spiro atoms. The lowest BCUT2D eigenvalue weighted by Gasteiger charge is -2.28. The zero-order chi connectivity index (χ0) is 25.1. The van der Waals surface area contributed by atoms with E-state index in [1.807, 2.05) is 78.4 Å². The second-order valence-corrected chi connectivity index (χ2v) is 9.35. The van der Waals surface area contributed by atoms with Crippen molar-refractivity contribution >= 4 is 17.3 Å². The summed E-state index contributed by atoms with van der Waals surface area (Å²) >= 11 is 0. The minimum Gasteiger partial charge on any atom is -0.339 e. The van der Waals surface area contributed by atoms with Crippen molar-refractivity contribution in [3.8, 4) is 0 Å². The maximum Gasteiger partial charge on any atom is 0.256 e. The highest BCUT2D eigenvalue weighted by molar-refractivity contribution is 6.00.